The Morgan fingerprint density at radius 2 is 2.50 bits per heavy atom. The Hall–Kier alpha value is -1.56. The predicted molar refractivity (Wildman–Crippen MR) is 59.0 cm³/mol. The molecule has 0 spiro atoms. The second kappa shape index (κ2) is 4.52. The predicted octanol–water partition coefficient (Wildman–Crippen LogP) is 0.209. The zero-order chi connectivity index (χ0) is 11.5. The number of carbonyl (C=O) groups excluding carboxylic acids is 1. The molecule has 0 aliphatic carbocycles. The number of nitrogens with one attached hydrogen (secondary N) is 2. The van der Waals surface area contributed by atoms with Crippen LogP contribution in [0.2, 0.25) is 0 Å². The van der Waals surface area contributed by atoms with E-state index in [0.29, 0.717) is 18.0 Å². The molecular weight excluding hydrogens is 208 g/mol. The van der Waals surface area contributed by atoms with Crippen molar-refractivity contribution in [2.45, 2.75) is 25.8 Å². The van der Waals surface area contributed by atoms with Gasteiger partial charge in [0.25, 0.3) is 5.91 Å². The summed E-state index contributed by atoms with van der Waals surface area (Å²) in [4.78, 5) is 11.8. The number of nitrogens with zero attached hydrogens (tertiary/aromatic N) is 1. The van der Waals surface area contributed by atoms with Crippen LogP contribution < -0.4 is 11.1 Å². The van der Waals surface area contributed by atoms with Gasteiger partial charge in [0.15, 0.2) is 5.69 Å². The molecule has 0 bridgehead atoms. The third kappa shape index (κ3) is 2.16. The maximum atomic E-state index is 11.8. The lowest BCUT2D eigenvalue weighted by atomic mass is 10.1. The van der Waals surface area contributed by atoms with Crippen LogP contribution in [-0.4, -0.2) is 35.4 Å². The number of hydrogen-bond acceptors (Lipinski definition) is 4. The Morgan fingerprint density at radius 1 is 1.69 bits per heavy atom. The van der Waals surface area contributed by atoms with Crippen molar-refractivity contribution in [2.75, 3.05) is 18.9 Å². The summed E-state index contributed by atoms with van der Waals surface area (Å²) in [5, 5.41) is 9.43. The number of H-pyrrole nitrogens is 1. The van der Waals surface area contributed by atoms with Crippen molar-refractivity contribution in [3.8, 4) is 0 Å². The first-order valence-corrected chi connectivity index (χ1v) is 5.37. The SMILES string of the molecule is Cc1[nH]nc(C(=O)NC2CCCOC2)c1N. The van der Waals surface area contributed by atoms with Crippen LogP contribution in [0, 0.1) is 6.92 Å². The Kier molecular flexibility index (Phi) is 3.09. The molecule has 1 unspecified atom stereocenters. The van der Waals surface area contributed by atoms with Gasteiger partial charge in [0.2, 0.25) is 0 Å². The van der Waals surface area contributed by atoms with Crippen LogP contribution in [0.3, 0.4) is 0 Å². The third-order valence-electron chi connectivity index (χ3n) is 2.71. The van der Waals surface area contributed by atoms with Crippen LogP contribution in [0.4, 0.5) is 5.69 Å². The standard InChI is InChI=1S/C10H16N4O2/c1-6-8(11)9(14-13-6)10(15)12-7-3-2-4-16-5-7/h7H,2-5,11H2,1H3,(H,12,15)(H,13,14). The highest BCUT2D eigenvalue weighted by Crippen LogP contribution is 2.13. The molecule has 16 heavy (non-hydrogen) atoms. The number of hydrogen-bond donors (Lipinski definition) is 3. The number of carbonyl (C=O) groups is 1. The van der Waals surface area contributed by atoms with Crippen LogP contribution in [0.25, 0.3) is 0 Å². The van der Waals surface area contributed by atoms with E-state index in [-0.39, 0.29) is 17.6 Å². The van der Waals surface area contributed by atoms with E-state index in [1.165, 1.54) is 0 Å². The lowest BCUT2D eigenvalue weighted by molar-refractivity contribution is 0.0622. The van der Waals surface area contributed by atoms with Gasteiger partial charge in [0.1, 0.15) is 0 Å². The highest BCUT2D eigenvalue weighted by atomic mass is 16.5. The molecule has 1 aliphatic heterocycles. The molecule has 1 fully saturated rings. The van der Waals surface area contributed by atoms with E-state index >= 15 is 0 Å². The van der Waals surface area contributed by atoms with Crippen molar-refractivity contribution in [2.24, 2.45) is 0 Å². The second-order valence-electron chi connectivity index (χ2n) is 4.00. The summed E-state index contributed by atoms with van der Waals surface area (Å²) in [6.45, 7) is 3.12. The molecular formula is C10H16N4O2. The number of aryl methyl sites for hydroxylation is 1. The summed E-state index contributed by atoms with van der Waals surface area (Å²) < 4.78 is 5.28. The van der Waals surface area contributed by atoms with E-state index in [2.05, 4.69) is 15.5 Å². The maximum absolute atomic E-state index is 11.8. The van der Waals surface area contributed by atoms with Gasteiger partial charge in [-0.15, -0.1) is 0 Å². The Morgan fingerprint density at radius 3 is 3.06 bits per heavy atom. The fourth-order valence-corrected chi connectivity index (χ4v) is 1.72. The second-order valence-corrected chi connectivity index (χ2v) is 4.00. The molecule has 0 saturated carbocycles. The average Bonchev–Trinajstić information content (AvgIpc) is 2.61. The molecule has 88 valence electrons. The largest absolute Gasteiger partial charge is 0.395 e. The molecule has 6 heteroatoms. The van der Waals surface area contributed by atoms with Gasteiger partial charge >= 0.3 is 0 Å². The molecule has 1 amide bonds. The summed E-state index contributed by atoms with van der Waals surface area (Å²) in [6, 6.07) is 0.0673. The maximum Gasteiger partial charge on any atom is 0.274 e. The number of nitrogen functional groups attached to an aromatic ring is 1. The summed E-state index contributed by atoms with van der Waals surface area (Å²) >= 11 is 0. The molecule has 6 nitrogen and oxygen atoms in total. The normalized spacial score (nSPS) is 20.7. The summed E-state index contributed by atoms with van der Waals surface area (Å²) in [5.41, 5.74) is 7.11. The minimum absolute atomic E-state index is 0.0673. The van der Waals surface area contributed by atoms with E-state index in [0.717, 1.165) is 19.4 Å². The first-order chi connectivity index (χ1) is 7.68. The van der Waals surface area contributed by atoms with E-state index in [9.17, 15) is 4.79 Å². The minimum atomic E-state index is -0.239. The smallest absolute Gasteiger partial charge is 0.274 e. The van der Waals surface area contributed by atoms with Crippen LogP contribution in [0.15, 0.2) is 0 Å². The van der Waals surface area contributed by atoms with Gasteiger partial charge in [0.05, 0.1) is 24.0 Å². The molecule has 1 aromatic rings. The number of anilines is 1. The number of nitrogens with two attached hydrogens (primary N) is 1. The van der Waals surface area contributed by atoms with Crippen LogP contribution in [0.5, 0.6) is 0 Å². The van der Waals surface area contributed by atoms with Gasteiger partial charge in [-0.1, -0.05) is 0 Å². The number of ether oxygens (including phenoxy) is 1. The molecule has 2 rings (SSSR count). The summed E-state index contributed by atoms with van der Waals surface area (Å²) in [5.74, 6) is -0.239. The molecule has 1 aromatic heterocycles. The Labute approximate surface area is 93.5 Å². The Bertz CT molecular complexity index is 382. The Balaban J connectivity index is 1.99. The third-order valence-corrected chi connectivity index (χ3v) is 2.71. The van der Waals surface area contributed by atoms with E-state index in [1.54, 1.807) is 6.92 Å². The van der Waals surface area contributed by atoms with Gasteiger partial charge < -0.3 is 15.8 Å². The molecule has 2 heterocycles. The zero-order valence-electron chi connectivity index (χ0n) is 9.25. The van der Waals surface area contributed by atoms with E-state index in [4.69, 9.17) is 10.5 Å². The van der Waals surface area contributed by atoms with Crippen molar-refractivity contribution in [3.05, 3.63) is 11.4 Å². The van der Waals surface area contributed by atoms with Gasteiger partial charge in [0, 0.05) is 6.61 Å². The first-order valence-electron chi connectivity index (χ1n) is 5.37. The minimum Gasteiger partial charge on any atom is -0.395 e. The molecule has 0 radical (unpaired) electrons. The molecule has 1 atom stereocenters. The van der Waals surface area contributed by atoms with Gasteiger partial charge in [-0.05, 0) is 19.8 Å². The van der Waals surface area contributed by atoms with Crippen LogP contribution >= 0.6 is 0 Å². The van der Waals surface area contributed by atoms with Gasteiger partial charge in [-0.3, -0.25) is 9.89 Å². The summed E-state index contributed by atoms with van der Waals surface area (Å²) in [6.07, 6.45) is 1.91. The van der Waals surface area contributed by atoms with Crippen molar-refractivity contribution < 1.29 is 9.53 Å². The fraction of sp³-hybridized carbons (Fsp3) is 0.600. The number of aromatic amines is 1. The van der Waals surface area contributed by atoms with Crippen LogP contribution in [-0.2, 0) is 4.74 Å². The van der Waals surface area contributed by atoms with Crippen molar-refractivity contribution >= 4 is 11.6 Å². The summed E-state index contributed by atoms with van der Waals surface area (Å²) in [7, 11) is 0. The van der Waals surface area contributed by atoms with E-state index < -0.39 is 0 Å². The average molecular weight is 224 g/mol. The zero-order valence-corrected chi connectivity index (χ0v) is 9.25. The van der Waals surface area contributed by atoms with Gasteiger partial charge in [-0.2, -0.15) is 5.10 Å². The van der Waals surface area contributed by atoms with Gasteiger partial charge in [-0.25, -0.2) is 0 Å². The number of aromatic nitrogens is 2. The highest BCUT2D eigenvalue weighted by Gasteiger charge is 2.20. The topological polar surface area (TPSA) is 93.0 Å². The number of amides is 1. The monoisotopic (exact) mass is 224 g/mol. The lowest BCUT2D eigenvalue weighted by Crippen LogP contribution is -2.40. The van der Waals surface area contributed by atoms with Crippen molar-refractivity contribution in [1.82, 2.24) is 15.5 Å². The van der Waals surface area contributed by atoms with E-state index in [1.807, 2.05) is 0 Å². The molecule has 0 aromatic carbocycles. The first kappa shape index (κ1) is 10.9. The van der Waals surface area contributed by atoms with Crippen molar-refractivity contribution in [3.63, 3.8) is 0 Å². The molecule has 1 aliphatic rings. The highest BCUT2D eigenvalue weighted by molar-refractivity contribution is 5.97. The number of rotatable bonds is 2. The molecule has 4 N–H and O–H groups in total. The fourth-order valence-electron chi connectivity index (χ4n) is 1.72. The van der Waals surface area contributed by atoms with Crippen molar-refractivity contribution in [1.29, 1.82) is 0 Å². The lowest BCUT2D eigenvalue weighted by Gasteiger charge is -2.22. The molecule has 1 saturated heterocycles. The van der Waals surface area contributed by atoms with Crippen LogP contribution in [0.1, 0.15) is 29.0 Å². The quantitative estimate of drug-likeness (QED) is 0.669.